The van der Waals surface area contributed by atoms with Crippen LogP contribution in [0.5, 0.6) is 0 Å². The monoisotopic (exact) mass is 303 g/mol. The average molecular weight is 304 g/mol. The summed E-state index contributed by atoms with van der Waals surface area (Å²) in [5.41, 5.74) is 6.24. The fourth-order valence-electron chi connectivity index (χ4n) is 1.46. The number of hydrogen-bond acceptors (Lipinski definition) is 4. The van der Waals surface area contributed by atoms with E-state index in [1.165, 1.54) is 0 Å². The average Bonchev–Trinajstić information content (AvgIpc) is 2.64. The van der Waals surface area contributed by atoms with Crippen molar-refractivity contribution in [1.82, 2.24) is 9.78 Å². The molecule has 0 saturated carbocycles. The lowest BCUT2D eigenvalue weighted by Gasteiger charge is -2.08. The third kappa shape index (κ3) is 4.22. The van der Waals surface area contributed by atoms with Crippen molar-refractivity contribution in [2.45, 2.75) is 32.4 Å². The first-order valence-corrected chi connectivity index (χ1v) is 6.34. The second-order valence-corrected chi connectivity index (χ2v) is 4.85. The molecule has 1 aromatic heterocycles. The number of nitrogens with two attached hydrogens (primary N) is 1. The molecular formula is C11H18BrN3O2. The van der Waals surface area contributed by atoms with Crippen LogP contribution in [-0.4, -0.2) is 35.3 Å². The van der Waals surface area contributed by atoms with Crippen molar-refractivity contribution >= 4 is 21.7 Å². The Labute approximate surface area is 109 Å². The number of Topliss-reactive ketones (excluding diaryl/α,β-unsaturated/α-hetero) is 1. The van der Waals surface area contributed by atoms with Crippen LogP contribution in [0.15, 0.2) is 10.7 Å². The van der Waals surface area contributed by atoms with Crippen LogP contribution in [0, 0.1) is 0 Å². The number of hydrogen-bond donors (Lipinski definition) is 1. The molecule has 1 atom stereocenters. The summed E-state index contributed by atoms with van der Waals surface area (Å²) < 4.78 is 7.37. The molecular weight excluding hydrogens is 286 g/mol. The summed E-state index contributed by atoms with van der Waals surface area (Å²) in [4.78, 5) is 12.0. The summed E-state index contributed by atoms with van der Waals surface area (Å²) in [7, 11) is 1.62. The zero-order valence-corrected chi connectivity index (χ0v) is 11.7. The first kappa shape index (κ1) is 14.3. The standard InChI is InChI=1S/C11H18BrN3O2/c1-8(13)3-4-10(16)11-9(12)7-14-15(11)5-6-17-2/h7-8H,3-6,13H2,1-2H3. The highest BCUT2D eigenvalue weighted by Gasteiger charge is 2.17. The van der Waals surface area contributed by atoms with Crippen molar-refractivity contribution in [3.05, 3.63) is 16.4 Å². The maximum atomic E-state index is 12.0. The molecule has 0 aromatic carbocycles. The lowest BCUT2D eigenvalue weighted by molar-refractivity contribution is 0.0963. The largest absolute Gasteiger partial charge is 0.383 e. The van der Waals surface area contributed by atoms with Gasteiger partial charge in [0.25, 0.3) is 0 Å². The van der Waals surface area contributed by atoms with Gasteiger partial charge in [-0.3, -0.25) is 9.48 Å². The van der Waals surface area contributed by atoms with E-state index in [1.54, 1.807) is 18.0 Å². The molecule has 0 bridgehead atoms. The fourth-order valence-corrected chi connectivity index (χ4v) is 1.98. The minimum atomic E-state index is 0.0353. The second-order valence-electron chi connectivity index (χ2n) is 4.00. The van der Waals surface area contributed by atoms with Crippen LogP contribution in [0.25, 0.3) is 0 Å². The van der Waals surface area contributed by atoms with Gasteiger partial charge in [-0.05, 0) is 29.3 Å². The van der Waals surface area contributed by atoms with Gasteiger partial charge < -0.3 is 10.5 Å². The van der Waals surface area contributed by atoms with E-state index >= 15 is 0 Å². The molecule has 96 valence electrons. The summed E-state index contributed by atoms with van der Waals surface area (Å²) in [6.07, 6.45) is 2.75. The van der Waals surface area contributed by atoms with Crippen LogP contribution < -0.4 is 5.73 Å². The lowest BCUT2D eigenvalue weighted by Crippen LogP contribution is -2.19. The lowest BCUT2D eigenvalue weighted by atomic mass is 10.1. The maximum absolute atomic E-state index is 12.0. The maximum Gasteiger partial charge on any atom is 0.182 e. The minimum Gasteiger partial charge on any atom is -0.383 e. The molecule has 0 fully saturated rings. The minimum absolute atomic E-state index is 0.0353. The third-order valence-electron chi connectivity index (χ3n) is 2.39. The molecule has 5 nitrogen and oxygen atoms in total. The quantitative estimate of drug-likeness (QED) is 0.777. The predicted octanol–water partition coefficient (Wildman–Crippen LogP) is 1.60. The molecule has 2 N–H and O–H groups in total. The van der Waals surface area contributed by atoms with Crippen molar-refractivity contribution in [3.63, 3.8) is 0 Å². The smallest absolute Gasteiger partial charge is 0.182 e. The van der Waals surface area contributed by atoms with E-state index < -0.39 is 0 Å². The Kier molecular flexibility index (Phi) is 5.80. The van der Waals surface area contributed by atoms with Crippen LogP contribution in [-0.2, 0) is 11.3 Å². The van der Waals surface area contributed by atoms with E-state index in [4.69, 9.17) is 10.5 Å². The number of nitrogens with zero attached hydrogens (tertiary/aromatic N) is 2. The fraction of sp³-hybridized carbons (Fsp3) is 0.636. The summed E-state index contributed by atoms with van der Waals surface area (Å²) in [5, 5.41) is 4.14. The molecule has 0 saturated heterocycles. The number of methoxy groups -OCH3 is 1. The topological polar surface area (TPSA) is 70.1 Å². The molecule has 0 aliphatic heterocycles. The Balaban J connectivity index is 2.73. The molecule has 6 heteroatoms. The van der Waals surface area contributed by atoms with Gasteiger partial charge in [0, 0.05) is 19.6 Å². The molecule has 0 amide bonds. The van der Waals surface area contributed by atoms with Crippen LogP contribution in [0.3, 0.4) is 0 Å². The van der Waals surface area contributed by atoms with Crippen LogP contribution >= 0.6 is 15.9 Å². The van der Waals surface area contributed by atoms with Gasteiger partial charge in [0.1, 0.15) is 5.69 Å². The molecule has 1 heterocycles. The van der Waals surface area contributed by atoms with Gasteiger partial charge in [0.15, 0.2) is 5.78 Å². The first-order chi connectivity index (χ1) is 8.06. The Morgan fingerprint density at radius 3 is 3.00 bits per heavy atom. The Morgan fingerprint density at radius 2 is 2.41 bits per heavy atom. The van der Waals surface area contributed by atoms with Crippen LogP contribution in [0.1, 0.15) is 30.3 Å². The zero-order chi connectivity index (χ0) is 12.8. The van der Waals surface area contributed by atoms with Crippen molar-refractivity contribution < 1.29 is 9.53 Å². The van der Waals surface area contributed by atoms with E-state index in [1.807, 2.05) is 6.92 Å². The van der Waals surface area contributed by atoms with Crippen molar-refractivity contribution in [3.8, 4) is 0 Å². The third-order valence-corrected chi connectivity index (χ3v) is 2.97. The highest BCUT2D eigenvalue weighted by atomic mass is 79.9. The number of halogens is 1. The molecule has 1 rings (SSSR count). The zero-order valence-electron chi connectivity index (χ0n) is 10.1. The molecule has 1 unspecified atom stereocenters. The number of ketones is 1. The van der Waals surface area contributed by atoms with Crippen molar-refractivity contribution in [1.29, 1.82) is 0 Å². The summed E-state index contributed by atoms with van der Waals surface area (Å²) >= 11 is 3.34. The molecule has 0 aliphatic rings. The molecule has 1 aromatic rings. The van der Waals surface area contributed by atoms with Gasteiger partial charge in [-0.1, -0.05) is 0 Å². The van der Waals surface area contributed by atoms with Gasteiger partial charge in [-0.2, -0.15) is 5.10 Å². The highest BCUT2D eigenvalue weighted by Crippen LogP contribution is 2.18. The normalized spacial score (nSPS) is 12.7. The van der Waals surface area contributed by atoms with E-state index in [0.717, 1.165) is 4.47 Å². The summed E-state index contributed by atoms with van der Waals surface area (Å²) in [5.74, 6) is 0.0581. The number of carbonyl (C=O) groups excluding carboxylic acids is 1. The second kappa shape index (κ2) is 6.88. The number of rotatable bonds is 7. The SMILES string of the molecule is COCCn1ncc(Br)c1C(=O)CCC(C)N. The highest BCUT2D eigenvalue weighted by molar-refractivity contribution is 9.10. The van der Waals surface area contributed by atoms with E-state index in [9.17, 15) is 4.79 Å². The van der Waals surface area contributed by atoms with Gasteiger partial charge in [-0.25, -0.2) is 0 Å². The Bertz CT molecular complexity index is 377. The number of ether oxygens (including phenoxy) is 1. The van der Waals surface area contributed by atoms with E-state index in [2.05, 4.69) is 21.0 Å². The van der Waals surface area contributed by atoms with Crippen molar-refractivity contribution in [2.75, 3.05) is 13.7 Å². The van der Waals surface area contributed by atoms with Crippen molar-refractivity contribution in [2.24, 2.45) is 5.73 Å². The van der Waals surface area contributed by atoms with E-state index in [0.29, 0.717) is 31.7 Å². The molecule has 0 spiro atoms. The van der Waals surface area contributed by atoms with Gasteiger partial charge in [0.05, 0.1) is 23.8 Å². The summed E-state index contributed by atoms with van der Waals surface area (Å²) in [6, 6.07) is 0.0353. The summed E-state index contributed by atoms with van der Waals surface area (Å²) in [6.45, 7) is 2.99. The molecule has 17 heavy (non-hydrogen) atoms. The van der Waals surface area contributed by atoms with E-state index in [-0.39, 0.29) is 11.8 Å². The first-order valence-electron chi connectivity index (χ1n) is 5.55. The van der Waals surface area contributed by atoms with Gasteiger partial charge in [0.2, 0.25) is 0 Å². The number of carbonyl (C=O) groups is 1. The Hall–Kier alpha value is -0.720. The van der Waals surface area contributed by atoms with Crippen LogP contribution in [0.2, 0.25) is 0 Å². The van der Waals surface area contributed by atoms with Gasteiger partial charge in [-0.15, -0.1) is 0 Å². The Morgan fingerprint density at radius 1 is 1.71 bits per heavy atom. The van der Waals surface area contributed by atoms with Gasteiger partial charge >= 0.3 is 0 Å². The molecule has 0 aliphatic carbocycles. The van der Waals surface area contributed by atoms with Crippen LogP contribution in [0.4, 0.5) is 0 Å². The predicted molar refractivity (Wildman–Crippen MR) is 69.0 cm³/mol. The molecule has 0 radical (unpaired) electrons. The number of aromatic nitrogens is 2.